The molecule has 3 aromatic rings. The number of phenolic OH excluding ortho intramolecular Hbond substituents is 1. The summed E-state index contributed by atoms with van der Waals surface area (Å²) >= 11 is 0. The average Bonchev–Trinajstić information content (AvgIpc) is 2.91. The van der Waals surface area contributed by atoms with Gasteiger partial charge in [-0.1, -0.05) is 44.0 Å². The zero-order valence-electron chi connectivity index (χ0n) is 14.6. The number of fused-ring (bicyclic) bond motifs is 1. The zero-order chi connectivity index (χ0) is 18.5. The lowest BCUT2D eigenvalue weighted by molar-refractivity contribution is 0.0994. The first-order valence-corrected chi connectivity index (χ1v) is 8.67. The predicted octanol–water partition coefficient (Wildman–Crippen LogP) is 5.17. The Morgan fingerprint density at radius 2 is 1.88 bits per heavy atom. The van der Waals surface area contributed by atoms with Crippen LogP contribution in [0.5, 0.6) is 11.6 Å². The van der Waals surface area contributed by atoms with E-state index in [1.54, 1.807) is 16.7 Å². The molecule has 0 saturated heterocycles. The fourth-order valence-corrected chi connectivity index (χ4v) is 2.91. The third-order valence-corrected chi connectivity index (χ3v) is 4.24. The lowest BCUT2D eigenvalue weighted by Crippen LogP contribution is -1.96. The monoisotopic (exact) mass is 351 g/mol. The van der Waals surface area contributed by atoms with E-state index in [4.69, 9.17) is 0 Å². The summed E-state index contributed by atoms with van der Waals surface area (Å²) in [6.45, 7) is 2.80. The number of unbranched alkanes of at least 4 members (excludes halogenated alkanes) is 2. The van der Waals surface area contributed by atoms with Gasteiger partial charge in [0.2, 0.25) is 5.88 Å². The molecule has 0 aliphatic heterocycles. The molecule has 0 aliphatic carbocycles. The van der Waals surface area contributed by atoms with Crippen molar-refractivity contribution in [2.45, 2.75) is 32.7 Å². The lowest BCUT2D eigenvalue weighted by Gasteiger charge is -2.05. The number of nitrogens with zero attached hydrogens (tertiary/aromatic N) is 3. The first-order valence-electron chi connectivity index (χ1n) is 8.67. The van der Waals surface area contributed by atoms with Crippen LogP contribution in [0.15, 0.2) is 58.8 Å². The predicted molar refractivity (Wildman–Crippen MR) is 100 cm³/mol. The van der Waals surface area contributed by atoms with Gasteiger partial charge in [0.25, 0.3) is 5.91 Å². The zero-order valence-corrected chi connectivity index (χ0v) is 14.6. The van der Waals surface area contributed by atoms with Crippen LogP contribution in [0.4, 0.5) is 5.69 Å². The molecule has 2 aromatic carbocycles. The Kier molecular flexibility index (Phi) is 5.31. The van der Waals surface area contributed by atoms with Gasteiger partial charge in [-0.25, -0.2) is 0 Å². The molecule has 0 aliphatic rings. The van der Waals surface area contributed by atoms with Crippen molar-refractivity contribution >= 4 is 22.5 Å². The fraction of sp³-hybridized carbons (Fsp3) is 0.250. The van der Waals surface area contributed by atoms with Crippen molar-refractivity contribution < 1.29 is 15.0 Å². The van der Waals surface area contributed by atoms with E-state index >= 15 is 0 Å². The van der Waals surface area contributed by atoms with Gasteiger partial charge in [0.1, 0.15) is 5.75 Å². The van der Waals surface area contributed by atoms with E-state index in [1.807, 2.05) is 24.3 Å². The van der Waals surface area contributed by atoms with E-state index in [9.17, 15) is 15.0 Å². The number of aromatic hydroxyl groups is 2. The maximum atomic E-state index is 12.2. The Bertz CT molecular complexity index is 960. The maximum absolute atomic E-state index is 12.2. The summed E-state index contributed by atoms with van der Waals surface area (Å²) in [6, 6.07) is 13.4. The summed E-state index contributed by atoms with van der Waals surface area (Å²) in [4.78, 5) is 12.2. The number of rotatable bonds is 6. The topological polar surface area (TPSA) is 87.2 Å². The molecule has 0 unspecified atom stereocenters. The average molecular weight is 351 g/mol. The molecule has 134 valence electrons. The molecule has 26 heavy (non-hydrogen) atoms. The smallest absolute Gasteiger partial charge is 0.295 e. The van der Waals surface area contributed by atoms with E-state index in [-0.39, 0.29) is 22.9 Å². The standard InChI is InChI=1S/C20H21N3O3/c1-2-3-6-12-23-17-11-5-4-10-16(17)18(20(23)26)21-22-19(25)14-8-7-9-15(24)13-14/h4-5,7-11,13,24,26H,2-3,6,12H2,1H3. The third-order valence-electron chi connectivity index (χ3n) is 4.24. The number of aryl methyl sites for hydroxylation is 1. The van der Waals surface area contributed by atoms with Crippen LogP contribution < -0.4 is 0 Å². The highest BCUT2D eigenvalue weighted by molar-refractivity contribution is 5.97. The van der Waals surface area contributed by atoms with Crippen LogP contribution in [0.2, 0.25) is 0 Å². The normalized spacial score (nSPS) is 11.4. The molecular formula is C20H21N3O3. The van der Waals surface area contributed by atoms with Crippen molar-refractivity contribution in [3.05, 3.63) is 54.1 Å². The van der Waals surface area contributed by atoms with Gasteiger partial charge in [-0.3, -0.25) is 4.79 Å². The Labute approximate surface area is 151 Å². The summed E-state index contributed by atoms with van der Waals surface area (Å²) in [5.74, 6) is -0.584. The highest BCUT2D eigenvalue weighted by Crippen LogP contribution is 2.39. The second-order valence-corrected chi connectivity index (χ2v) is 6.10. The summed E-state index contributed by atoms with van der Waals surface area (Å²) in [7, 11) is 0. The van der Waals surface area contributed by atoms with Crippen LogP contribution in [0, 0.1) is 0 Å². The van der Waals surface area contributed by atoms with E-state index in [2.05, 4.69) is 17.2 Å². The van der Waals surface area contributed by atoms with E-state index < -0.39 is 5.91 Å². The minimum Gasteiger partial charge on any atom is -0.508 e. The minimum absolute atomic E-state index is 0.00904. The molecule has 1 heterocycles. The maximum Gasteiger partial charge on any atom is 0.295 e. The van der Waals surface area contributed by atoms with Crippen molar-refractivity contribution in [2.24, 2.45) is 10.2 Å². The highest BCUT2D eigenvalue weighted by atomic mass is 16.3. The van der Waals surface area contributed by atoms with Crippen molar-refractivity contribution in [2.75, 3.05) is 0 Å². The Morgan fingerprint density at radius 3 is 2.65 bits per heavy atom. The van der Waals surface area contributed by atoms with Gasteiger partial charge in [-0.05, 0) is 30.7 Å². The second kappa shape index (κ2) is 7.82. The number of para-hydroxylation sites is 1. The lowest BCUT2D eigenvalue weighted by atomic mass is 10.2. The van der Waals surface area contributed by atoms with Gasteiger partial charge < -0.3 is 14.8 Å². The van der Waals surface area contributed by atoms with Gasteiger partial charge in [-0.2, -0.15) is 0 Å². The van der Waals surface area contributed by atoms with Gasteiger partial charge in [0, 0.05) is 17.5 Å². The Hall–Kier alpha value is -3.15. The van der Waals surface area contributed by atoms with Crippen molar-refractivity contribution in [3.8, 4) is 11.6 Å². The molecular weight excluding hydrogens is 330 g/mol. The molecule has 0 bridgehead atoms. The van der Waals surface area contributed by atoms with Crippen LogP contribution in [0.1, 0.15) is 36.5 Å². The molecule has 6 nitrogen and oxygen atoms in total. The molecule has 0 radical (unpaired) electrons. The number of carbonyl (C=O) groups excluding carboxylic acids is 1. The van der Waals surface area contributed by atoms with E-state index in [1.165, 1.54) is 12.1 Å². The van der Waals surface area contributed by atoms with Crippen molar-refractivity contribution in [1.29, 1.82) is 0 Å². The summed E-state index contributed by atoms with van der Waals surface area (Å²) in [5.41, 5.74) is 1.38. The van der Waals surface area contributed by atoms with Gasteiger partial charge >= 0.3 is 0 Å². The molecule has 3 rings (SSSR count). The quantitative estimate of drug-likeness (QED) is 0.474. The number of aromatic nitrogens is 1. The van der Waals surface area contributed by atoms with Gasteiger partial charge in [0.05, 0.1) is 5.52 Å². The highest BCUT2D eigenvalue weighted by Gasteiger charge is 2.16. The van der Waals surface area contributed by atoms with E-state index in [0.717, 1.165) is 30.2 Å². The van der Waals surface area contributed by atoms with Gasteiger partial charge in [-0.15, -0.1) is 10.2 Å². The van der Waals surface area contributed by atoms with Crippen LogP contribution >= 0.6 is 0 Å². The molecule has 0 saturated carbocycles. The SMILES string of the molecule is CCCCCn1c(O)c(N=NC(=O)c2cccc(O)c2)c2ccccc21. The molecule has 1 aromatic heterocycles. The van der Waals surface area contributed by atoms with Crippen LogP contribution in [0.25, 0.3) is 10.9 Å². The molecule has 0 fully saturated rings. The van der Waals surface area contributed by atoms with Gasteiger partial charge in [0.15, 0.2) is 5.69 Å². The summed E-state index contributed by atoms with van der Waals surface area (Å²) < 4.78 is 1.80. The number of hydrogen-bond donors (Lipinski definition) is 2. The number of carbonyl (C=O) groups is 1. The number of azo groups is 1. The minimum atomic E-state index is -0.580. The Morgan fingerprint density at radius 1 is 1.08 bits per heavy atom. The molecule has 6 heteroatoms. The van der Waals surface area contributed by atoms with Crippen molar-refractivity contribution in [3.63, 3.8) is 0 Å². The molecule has 0 spiro atoms. The van der Waals surface area contributed by atoms with E-state index in [0.29, 0.717) is 6.54 Å². The number of amides is 1. The first-order chi connectivity index (χ1) is 12.6. The Balaban J connectivity index is 1.94. The molecule has 1 amide bonds. The number of benzene rings is 2. The second-order valence-electron chi connectivity index (χ2n) is 6.10. The third kappa shape index (κ3) is 3.59. The largest absolute Gasteiger partial charge is 0.508 e. The van der Waals surface area contributed by atoms with Crippen LogP contribution in [-0.2, 0) is 6.54 Å². The molecule has 2 N–H and O–H groups in total. The fourth-order valence-electron chi connectivity index (χ4n) is 2.91. The number of phenols is 1. The van der Waals surface area contributed by atoms with Crippen LogP contribution in [-0.4, -0.2) is 20.7 Å². The van der Waals surface area contributed by atoms with Crippen LogP contribution in [0.3, 0.4) is 0 Å². The molecule has 0 atom stereocenters. The number of hydrogen-bond acceptors (Lipinski definition) is 4. The summed E-state index contributed by atoms with van der Waals surface area (Å²) in [6.07, 6.45) is 3.10. The van der Waals surface area contributed by atoms with Crippen molar-refractivity contribution in [1.82, 2.24) is 4.57 Å². The first kappa shape index (κ1) is 17.7. The summed E-state index contributed by atoms with van der Waals surface area (Å²) in [5, 5.41) is 28.6.